The minimum absolute atomic E-state index is 0.000133. The summed E-state index contributed by atoms with van der Waals surface area (Å²) in [4.78, 5) is 13.5. The SMILES string of the molecule is COc1c2c3c(c(OC)c1OC)-c1ccccc1C[C@H]3N(C=O)CC2. The van der Waals surface area contributed by atoms with Crippen LogP contribution in [-0.2, 0) is 17.6 Å². The molecule has 25 heavy (non-hydrogen) atoms. The Morgan fingerprint density at radius 1 is 1.04 bits per heavy atom. The highest BCUT2D eigenvalue weighted by atomic mass is 16.5. The molecule has 2 aromatic carbocycles. The standard InChI is InChI=1S/C20H21NO4/c1-23-18-14-8-9-21(11-22)15-10-12-6-4-5-7-13(12)17(16(14)15)19(24-2)20(18)25-3/h4-7,11,15H,8-10H2,1-3H3/t15-/m1/s1. The van der Waals surface area contributed by atoms with Gasteiger partial charge in [0, 0.05) is 17.7 Å². The number of nitrogens with zero attached hydrogens (tertiary/aromatic N) is 1. The van der Waals surface area contributed by atoms with E-state index >= 15 is 0 Å². The maximum absolute atomic E-state index is 11.7. The highest BCUT2D eigenvalue weighted by molar-refractivity contribution is 5.86. The van der Waals surface area contributed by atoms with E-state index in [-0.39, 0.29) is 6.04 Å². The van der Waals surface area contributed by atoms with Gasteiger partial charge in [0.05, 0.1) is 27.4 Å². The third-order valence-corrected chi connectivity index (χ3v) is 5.31. The van der Waals surface area contributed by atoms with Crippen molar-refractivity contribution in [3.05, 3.63) is 41.0 Å². The lowest BCUT2D eigenvalue weighted by Crippen LogP contribution is -2.37. The highest BCUT2D eigenvalue weighted by Crippen LogP contribution is 2.56. The number of methoxy groups -OCH3 is 3. The minimum atomic E-state index is -0.000133. The lowest BCUT2D eigenvalue weighted by molar-refractivity contribution is -0.120. The fraction of sp³-hybridized carbons (Fsp3) is 0.350. The average molecular weight is 339 g/mol. The first kappa shape index (κ1) is 15.8. The van der Waals surface area contributed by atoms with Crippen molar-refractivity contribution in [1.82, 2.24) is 4.90 Å². The van der Waals surface area contributed by atoms with Crippen LogP contribution in [0, 0.1) is 0 Å². The molecule has 2 aliphatic rings. The van der Waals surface area contributed by atoms with E-state index in [0.717, 1.165) is 41.5 Å². The van der Waals surface area contributed by atoms with E-state index in [2.05, 4.69) is 12.1 Å². The van der Waals surface area contributed by atoms with Crippen LogP contribution in [0.25, 0.3) is 11.1 Å². The first-order valence-corrected chi connectivity index (χ1v) is 8.39. The predicted octanol–water partition coefficient (Wildman–Crippen LogP) is 2.99. The lowest BCUT2D eigenvalue weighted by atomic mass is 9.76. The topological polar surface area (TPSA) is 48.0 Å². The molecule has 0 saturated heterocycles. The Kier molecular flexibility index (Phi) is 3.79. The lowest BCUT2D eigenvalue weighted by Gasteiger charge is -2.41. The van der Waals surface area contributed by atoms with Crippen LogP contribution in [0.15, 0.2) is 24.3 Å². The van der Waals surface area contributed by atoms with Crippen molar-refractivity contribution in [3.63, 3.8) is 0 Å². The molecule has 1 heterocycles. The number of carbonyl (C=O) groups excluding carboxylic acids is 1. The van der Waals surface area contributed by atoms with Crippen LogP contribution >= 0.6 is 0 Å². The van der Waals surface area contributed by atoms with E-state index < -0.39 is 0 Å². The van der Waals surface area contributed by atoms with E-state index in [0.29, 0.717) is 23.8 Å². The molecule has 5 nitrogen and oxygen atoms in total. The Balaban J connectivity index is 2.13. The number of rotatable bonds is 4. The van der Waals surface area contributed by atoms with Gasteiger partial charge in [-0.1, -0.05) is 24.3 Å². The van der Waals surface area contributed by atoms with Crippen LogP contribution in [0.1, 0.15) is 22.7 Å². The molecular formula is C20H21NO4. The molecule has 5 heteroatoms. The van der Waals surface area contributed by atoms with E-state index in [4.69, 9.17) is 14.2 Å². The van der Waals surface area contributed by atoms with Gasteiger partial charge in [-0.3, -0.25) is 4.79 Å². The van der Waals surface area contributed by atoms with Crippen molar-refractivity contribution >= 4 is 6.41 Å². The Morgan fingerprint density at radius 2 is 1.76 bits per heavy atom. The van der Waals surface area contributed by atoms with Gasteiger partial charge in [-0.05, 0) is 29.5 Å². The van der Waals surface area contributed by atoms with Gasteiger partial charge in [-0.15, -0.1) is 0 Å². The predicted molar refractivity (Wildman–Crippen MR) is 94.5 cm³/mol. The van der Waals surface area contributed by atoms with E-state index in [1.807, 2.05) is 17.0 Å². The molecule has 130 valence electrons. The second-order valence-corrected chi connectivity index (χ2v) is 6.34. The van der Waals surface area contributed by atoms with Gasteiger partial charge >= 0.3 is 0 Å². The zero-order valence-electron chi connectivity index (χ0n) is 14.7. The molecule has 0 unspecified atom stereocenters. The Morgan fingerprint density at radius 3 is 2.44 bits per heavy atom. The Bertz CT molecular complexity index is 846. The Hall–Kier alpha value is -2.69. The van der Waals surface area contributed by atoms with Crippen molar-refractivity contribution in [3.8, 4) is 28.4 Å². The molecule has 4 rings (SSSR count). The van der Waals surface area contributed by atoms with Gasteiger partial charge in [0.1, 0.15) is 0 Å². The number of ether oxygens (including phenoxy) is 3. The minimum Gasteiger partial charge on any atom is -0.492 e. The van der Waals surface area contributed by atoms with Crippen LogP contribution in [0.5, 0.6) is 17.2 Å². The molecule has 1 aliphatic carbocycles. The monoisotopic (exact) mass is 339 g/mol. The number of fused-ring (bicyclic) bond motifs is 2. The molecule has 0 radical (unpaired) electrons. The average Bonchev–Trinajstić information content (AvgIpc) is 2.67. The maximum Gasteiger partial charge on any atom is 0.210 e. The maximum atomic E-state index is 11.7. The van der Waals surface area contributed by atoms with Gasteiger partial charge in [0.15, 0.2) is 11.5 Å². The summed E-state index contributed by atoms with van der Waals surface area (Å²) in [5.74, 6) is 2.00. The van der Waals surface area contributed by atoms with Crippen molar-refractivity contribution in [2.75, 3.05) is 27.9 Å². The first-order chi connectivity index (χ1) is 12.2. The van der Waals surface area contributed by atoms with Gasteiger partial charge in [0.2, 0.25) is 12.2 Å². The molecular weight excluding hydrogens is 318 g/mol. The number of amides is 1. The zero-order valence-corrected chi connectivity index (χ0v) is 14.7. The summed E-state index contributed by atoms with van der Waals surface area (Å²) in [6, 6.07) is 8.29. The van der Waals surface area contributed by atoms with Gasteiger partial charge < -0.3 is 19.1 Å². The molecule has 1 atom stereocenters. The van der Waals surface area contributed by atoms with E-state index in [1.165, 1.54) is 5.56 Å². The summed E-state index contributed by atoms with van der Waals surface area (Å²) in [5, 5.41) is 0. The number of benzene rings is 2. The van der Waals surface area contributed by atoms with Crippen molar-refractivity contribution < 1.29 is 19.0 Å². The molecule has 1 aliphatic heterocycles. The molecule has 0 saturated carbocycles. The van der Waals surface area contributed by atoms with E-state index in [9.17, 15) is 4.79 Å². The second-order valence-electron chi connectivity index (χ2n) is 6.34. The van der Waals surface area contributed by atoms with Crippen LogP contribution in [-0.4, -0.2) is 39.2 Å². The molecule has 0 N–H and O–H groups in total. The van der Waals surface area contributed by atoms with Crippen LogP contribution < -0.4 is 14.2 Å². The Labute approximate surface area is 147 Å². The van der Waals surface area contributed by atoms with E-state index in [1.54, 1.807) is 21.3 Å². The third-order valence-electron chi connectivity index (χ3n) is 5.31. The molecule has 0 aromatic heterocycles. The van der Waals surface area contributed by atoms with Gasteiger partial charge in [0.25, 0.3) is 0 Å². The van der Waals surface area contributed by atoms with Gasteiger partial charge in [-0.2, -0.15) is 0 Å². The zero-order chi connectivity index (χ0) is 17.6. The summed E-state index contributed by atoms with van der Waals surface area (Å²) < 4.78 is 17.1. The smallest absolute Gasteiger partial charge is 0.210 e. The summed E-state index contributed by atoms with van der Waals surface area (Å²) in [6.45, 7) is 0.675. The molecule has 2 aromatic rings. The van der Waals surface area contributed by atoms with Crippen LogP contribution in [0.4, 0.5) is 0 Å². The van der Waals surface area contributed by atoms with Crippen LogP contribution in [0.3, 0.4) is 0 Å². The number of hydrogen-bond donors (Lipinski definition) is 0. The third kappa shape index (κ3) is 2.11. The quantitative estimate of drug-likeness (QED) is 0.804. The van der Waals surface area contributed by atoms with Crippen molar-refractivity contribution in [1.29, 1.82) is 0 Å². The second kappa shape index (κ2) is 5.99. The van der Waals surface area contributed by atoms with Crippen LogP contribution in [0.2, 0.25) is 0 Å². The normalized spacial score (nSPS) is 17.4. The van der Waals surface area contributed by atoms with Gasteiger partial charge in [-0.25, -0.2) is 0 Å². The summed E-state index contributed by atoms with van der Waals surface area (Å²) >= 11 is 0. The largest absolute Gasteiger partial charge is 0.492 e. The highest BCUT2D eigenvalue weighted by Gasteiger charge is 2.39. The summed E-state index contributed by atoms with van der Waals surface area (Å²) in [5.41, 5.74) is 5.62. The number of carbonyl (C=O) groups is 1. The summed E-state index contributed by atoms with van der Waals surface area (Å²) in [7, 11) is 4.93. The molecule has 0 fully saturated rings. The fourth-order valence-corrected chi connectivity index (χ4v) is 4.29. The number of hydrogen-bond acceptors (Lipinski definition) is 4. The fourth-order valence-electron chi connectivity index (χ4n) is 4.29. The van der Waals surface area contributed by atoms with Crippen molar-refractivity contribution in [2.45, 2.75) is 18.9 Å². The first-order valence-electron chi connectivity index (χ1n) is 8.39. The summed E-state index contributed by atoms with van der Waals surface area (Å²) in [6.07, 6.45) is 2.49. The molecule has 1 amide bonds. The molecule has 0 spiro atoms. The molecule has 0 bridgehead atoms. The van der Waals surface area contributed by atoms with Crippen molar-refractivity contribution in [2.24, 2.45) is 0 Å².